The fourth-order valence-corrected chi connectivity index (χ4v) is 2.68. The van der Waals surface area contributed by atoms with E-state index in [4.69, 9.17) is 0 Å². The van der Waals surface area contributed by atoms with Crippen LogP contribution in [0, 0.1) is 11.6 Å². The average Bonchev–Trinajstić information content (AvgIpc) is 2.99. The lowest BCUT2D eigenvalue weighted by atomic mass is 10.1. The maximum Gasteiger partial charge on any atom is 0.211 e. The summed E-state index contributed by atoms with van der Waals surface area (Å²) >= 11 is 0. The van der Waals surface area contributed by atoms with Crippen molar-refractivity contribution in [1.82, 2.24) is 0 Å². The summed E-state index contributed by atoms with van der Waals surface area (Å²) < 4.78 is 25.3. The van der Waals surface area contributed by atoms with E-state index in [0.29, 0.717) is 6.04 Å². The fourth-order valence-electron chi connectivity index (χ4n) is 2.68. The second kappa shape index (κ2) is 5.72. The quantitative estimate of drug-likeness (QED) is 0.746. The van der Waals surface area contributed by atoms with E-state index in [1.807, 2.05) is 6.08 Å². The number of hydrogen-bond donors (Lipinski definition) is 2. The molecule has 1 atom stereocenters. The van der Waals surface area contributed by atoms with E-state index in [-0.39, 0.29) is 11.6 Å². The molecule has 4 rings (SSSR count). The molecule has 22 heavy (non-hydrogen) atoms. The summed E-state index contributed by atoms with van der Waals surface area (Å²) in [5.41, 5.74) is 2.99. The van der Waals surface area contributed by atoms with E-state index in [2.05, 4.69) is 23.8 Å². The summed E-state index contributed by atoms with van der Waals surface area (Å²) in [6, 6.07) is 9.97. The van der Waals surface area contributed by atoms with Gasteiger partial charge in [-0.2, -0.15) is 0 Å². The summed E-state index contributed by atoms with van der Waals surface area (Å²) in [5, 5.41) is 5.06. The SMILES string of the molecule is C=C1C=c2cc(F)ccc2=[NH+]1.CC1Cc2cc(F)ccc2N1. The second-order valence-corrected chi connectivity index (χ2v) is 5.58. The van der Waals surface area contributed by atoms with Crippen molar-refractivity contribution in [3.8, 4) is 0 Å². The monoisotopic (exact) mass is 299 g/mol. The van der Waals surface area contributed by atoms with Gasteiger partial charge in [-0.15, -0.1) is 0 Å². The maximum absolute atomic E-state index is 12.7. The number of benzene rings is 2. The van der Waals surface area contributed by atoms with Gasteiger partial charge in [0.05, 0.1) is 5.22 Å². The molecule has 0 fully saturated rings. The number of allylic oxidation sites excluding steroid dienone is 1. The van der Waals surface area contributed by atoms with Gasteiger partial charge in [0.2, 0.25) is 5.36 Å². The lowest BCUT2D eigenvalue weighted by Crippen LogP contribution is -2.73. The van der Waals surface area contributed by atoms with Gasteiger partial charge in [-0.05, 0) is 55.8 Å². The van der Waals surface area contributed by atoms with Gasteiger partial charge in [0.1, 0.15) is 11.6 Å². The van der Waals surface area contributed by atoms with Crippen molar-refractivity contribution >= 4 is 11.8 Å². The van der Waals surface area contributed by atoms with E-state index in [1.54, 1.807) is 18.2 Å². The van der Waals surface area contributed by atoms with Crippen LogP contribution >= 0.6 is 0 Å². The van der Waals surface area contributed by atoms with E-state index >= 15 is 0 Å². The van der Waals surface area contributed by atoms with Crippen molar-refractivity contribution in [3.05, 3.63) is 76.4 Å². The van der Waals surface area contributed by atoms with Crippen molar-refractivity contribution in [2.45, 2.75) is 19.4 Å². The molecular weight excluding hydrogens is 282 g/mol. The van der Waals surface area contributed by atoms with Crippen LogP contribution < -0.4 is 20.9 Å². The smallest absolute Gasteiger partial charge is 0.211 e. The van der Waals surface area contributed by atoms with Crippen LogP contribution in [0.15, 0.2) is 48.7 Å². The van der Waals surface area contributed by atoms with Crippen LogP contribution in [0.25, 0.3) is 6.08 Å². The van der Waals surface area contributed by atoms with Gasteiger partial charge in [-0.1, -0.05) is 0 Å². The third-order valence-electron chi connectivity index (χ3n) is 3.63. The third-order valence-corrected chi connectivity index (χ3v) is 3.63. The Labute approximate surface area is 127 Å². The number of fused-ring (bicyclic) bond motifs is 2. The van der Waals surface area contributed by atoms with Crippen LogP contribution in [0.1, 0.15) is 12.5 Å². The van der Waals surface area contributed by atoms with Gasteiger partial charge in [-0.25, -0.2) is 13.8 Å². The zero-order valence-electron chi connectivity index (χ0n) is 12.3. The summed E-state index contributed by atoms with van der Waals surface area (Å²) in [7, 11) is 0. The lowest BCUT2D eigenvalue weighted by molar-refractivity contribution is -0.430. The van der Waals surface area contributed by atoms with Crippen LogP contribution in [0.2, 0.25) is 0 Å². The third kappa shape index (κ3) is 3.06. The van der Waals surface area contributed by atoms with E-state index in [1.165, 1.54) is 18.2 Å². The zero-order valence-corrected chi connectivity index (χ0v) is 12.3. The molecule has 2 aliphatic heterocycles. The highest BCUT2D eigenvalue weighted by molar-refractivity contribution is 5.56. The van der Waals surface area contributed by atoms with Gasteiger partial charge >= 0.3 is 0 Å². The van der Waals surface area contributed by atoms with Crippen molar-refractivity contribution in [2.24, 2.45) is 0 Å². The van der Waals surface area contributed by atoms with Crippen LogP contribution in [-0.2, 0) is 6.42 Å². The first-order valence-corrected chi connectivity index (χ1v) is 7.16. The molecule has 0 saturated heterocycles. The molecule has 112 valence electrons. The number of hydrogen-bond acceptors (Lipinski definition) is 1. The molecule has 2 heterocycles. The summed E-state index contributed by atoms with van der Waals surface area (Å²) in [6.45, 7) is 5.80. The highest BCUT2D eigenvalue weighted by atomic mass is 19.1. The van der Waals surface area contributed by atoms with Gasteiger partial charge in [0.15, 0.2) is 5.70 Å². The second-order valence-electron chi connectivity index (χ2n) is 5.58. The molecule has 2 N–H and O–H groups in total. The summed E-state index contributed by atoms with van der Waals surface area (Å²) in [4.78, 5) is 3.01. The van der Waals surface area contributed by atoms with Crippen LogP contribution in [0.3, 0.4) is 0 Å². The fraction of sp³-hybridized carbons (Fsp3) is 0.167. The molecule has 0 bridgehead atoms. The Morgan fingerprint density at radius 1 is 1.14 bits per heavy atom. The molecule has 0 aliphatic carbocycles. The van der Waals surface area contributed by atoms with Gasteiger partial charge in [0.25, 0.3) is 0 Å². The van der Waals surface area contributed by atoms with E-state index in [9.17, 15) is 8.78 Å². The van der Waals surface area contributed by atoms with Crippen molar-refractivity contribution in [1.29, 1.82) is 0 Å². The van der Waals surface area contributed by atoms with Crippen LogP contribution in [-0.4, -0.2) is 6.04 Å². The standard InChI is InChI=1S/C9H10FN.C9H6FN/c2*1-6-4-7-5-8(10)2-3-9(7)11-6/h2-3,5-6,11H,4H2,1H3;2-5H,1H2/p+1. The number of nitrogens with one attached hydrogen (secondary N) is 2. The average molecular weight is 299 g/mol. The molecule has 0 radical (unpaired) electrons. The Morgan fingerprint density at radius 3 is 2.68 bits per heavy atom. The van der Waals surface area contributed by atoms with Crippen molar-refractivity contribution in [3.63, 3.8) is 0 Å². The highest BCUT2D eigenvalue weighted by Gasteiger charge is 2.16. The molecule has 1 unspecified atom stereocenters. The van der Waals surface area contributed by atoms with Crippen LogP contribution in [0.5, 0.6) is 0 Å². The molecule has 4 heteroatoms. The Balaban J connectivity index is 0.000000131. The minimum atomic E-state index is -0.212. The van der Waals surface area contributed by atoms with Gasteiger partial charge < -0.3 is 5.32 Å². The van der Waals surface area contributed by atoms with E-state index in [0.717, 1.165) is 33.9 Å². The van der Waals surface area contributed by atoms with Crippen molar-refractivity contribution in [2.75, 3.05) is 5.32 Å². The number of rotatable bonds is 0. The maximum atomic E-state index is 12.7. The topological polar surface area (TPSA) is 26.0 Å². The Bertz CT molecular complexity index is 856. The first-order valence-electron chi connectivity index (χ1n) is 7.16. The molecule has 0 aromatic heterocycles. The largest absolute Gasteiger partial charge is 0.382 e. The Hall–Kier alpha value is -2.49. The normalized spacial score (nSPS) is 17.4. The predicted octanol–water partition coefficient (Wildman–Crippen LogP) is 1.02. The first kappa shape index (κ1) is 14.4. The van der Waals surface area contributed by atoms with Crippen molar-refractivity contribution < 1.29 is 13.8 Å². The molecule has 0 saturated carbocycles. The molecule has 2 nitrogen and oxygen atoms in total. The molecular formula is C18H17F2N2+. The van der Waals surface area contributed by atoms with Crippen LogP contribution in [0.4, 0.5) is 14.5 Å². The molecule has 2 aromatic carbocycles. The lowest BCUT2D eigenvalue weighted by Gasteiger charge is -2.00. The van der Waals surface area contributed by atoms with E-state index < -0.39 is 0 Å². The van der Waals surface area contributed by atoms with Gasteiger partial charge in [0, 0.05) is 23.9 Å². The summed E-state index contributed by atoms with van der Waals surface area (Å²) in [5.74, 6) is -0.351. The predicted molar refractivity (Wildman–Crippen MR) is 82.5 cm³/mol. The first-order chi connectivity index (χ1) is 10.5. The zero-order chi connectivity index (χ0) is 15.7. The number of halogens is 2. The highest BCUT2D eigenvalue weighted by Crippen LogP contribution is 2.25. The Kier molecular flexibility index (Phi) is 3.75. The number of anilines is 1. The minimum absolute atomic E-state index is 0.139. The molecule has 2 aromatic rings. The summed E-state index contributed by atoms with van der Waals surface area (Å²) in [6.07, 6.45) is 2.76. The molecule has 2 aliphatic rings. The minimum Gasteiger partial charge on any atom is -0.382 e. The molecule has 0 spiro atoms. The molecule has 0 amide bonds. The Morgan fingerprint density at radius 2 is 1.86 bits per heavy atom. The van der Waals surface area contributed by atoms with Gasteiger partial charge in [-0.3, -0.25) is 0 Å².